The molecule has 1 aromatic rings. The molecule has 0 amide bonds. The van der Waals surface area contributed by atoms with Crippen molar-refractivity contribution in [1.82, 2.24) is 10.3 Å². The van der Waals surface area contributed by atoms with E-state index in [0.717, 1.165) is 6.54 Å². The Hall–Kier alpha value is -0.890. The maximum absolute atomic E-state index is 4.21. The SMILES string of the molecule is CCCCCCCC(CCCCCC)NCc1cccnc1. The molecule has 1 heterocycles. The normalized spacial score (nSPS) is 12.5. The smallest absolute Gasteiger partial charge is 0.0312 e. The summed E-state index contributed by atoms with van der Waals surface area (Å²) in [5.74, 6) is 0. The highest BCUT2D eigenvalue weighted by Gasteiger charge is 2.08. The highest BCUT2D eigenvalue weighted by atomic mass is 14.9. The monoisotopic (exact) mass is 304 g/mol. The molecule has 0 aliphatic carbocycles. The van der Waals surface area contributed by atoms with Crippen molar-refractivity contribution < 1.29 is 0 Å². The second kappa shape index (κ2) is 13.8. The third-order valence-corrected chi connectivity index (χ3v) is 4.38. The van der Waals surface area contributed by atoms with Crippen molar-refractivity contribution in [3.8, 4) is 0 Å². The summed E-state index contributed by atoms with van der Waals surface area (Å²) in [6.07, 6.45) is 18.8. The van der Waals surface area contributed by atoms with Crippen LogP contribution in [0.2, 0.25) is 0 Å². The molecule has 0 spiro atoms. The van der Waals surface area contributed by atoms with Crippen LogP contribution in [0, 0.1) is 0 Å². The maximum Gasteiger partial charge on any atom is 0.0312 e. The van der Waals surface area contributed by atoms with Crippen molar-refractivity contribution >= 4 is 0 Å². The average molecular weight is 305 g/mol. The molecule has 0 saturated heterocycles. The van der Waals surface area contributed by atoms with Gasteiger partial charge in [0, 0.05) is 25.0 Å². The molecule has 2 nitrogen and oxygen atoms in total. The lowest BCUT2D eigenvalue weighted by molar-refractivity contribution is 0.412. The topological polar surface area (TPSA) is 24.9 Å². The summed E-state index contributed by atoms with van der Waals surface area (Å²) in [4.78, 5) is 4.21. The van der Waals surface area contributed by atoms with Crippen LogP contribution in [-0.4, -0.2) is 11.0 Å². The van der Waals surface area contributed by atoms with Crippen molar-refractivity contribution in [3.63, 3.8) is 0 Å². The molecule has 0 fully saturated rings. The zero-order valence-corrected chi connectivity index (χ0v) is 14.8. The Morgan fingerprint density at radius 1 is 0.909 bits per heavy atom. The predicted molar refractivity (Wildman–Crippen MR) is 97.0 cm³/mol. The number of aromatic nitrogens is 1. The minimum Gasteiger partial charge on any atom is -0.310 e. The number of hydrogen-bond acceptors (Lipinski definition) is 2. The van der Waals surface area contributed by atoms with E-state index >= 15 is 0 Å². The summed E-state index contributed by atoms with van der Waals surface area (Å²) in [7, 11) is 0. The lowest BCUT2D eigenvalue weighted by Crippen LogP contribution is -2.28. The molecule has 126 valence electrons. The molecule has 1 rings (SSSR count). The third-order valence-electron chi connectivity index (χ3n) is 4.38. The molecular weight excluding hydrogens is 268 g/mol. The fraction of sp³-hybridized carbons (Fsp3) is 0.750. The van der Waals surface area contributed by atoms with Gasteiger partial charge < -0.3 is 5.32 Å². The first-order valence-electron chi connectivity index (χ1n) is 9.49. The zero-order chi connectivity index (χ0) is 15.9. The van der Waals surface area contributed by atoms with Gasteiger partial charge in [0.1, 0.15) is 0 Å². The Bertz CT molecular complexity index is 337. The lowest BCUT2D eigenvalue weighted by Gasteiger charge is -2.19. The van der Waals surface area contributed by atoms with Gasteiger partial charge in [-0.15, -0.1) is 0 Å². The zero-order valence-electron chi connectivity index (χ0n) is 14.8. The molecule has 0 aliphatic heterocycles. The Labute approximate surface area is 138 Å². The first-order valence-corrected chi connectivity index (χ1v) is 9.49. The molecule has 0 aliphatic rings. The number of nitrogens with zero attached hydrogens (tertiary/aromatic N) is 1. The van der Waals surface area contributed by atoms with E-state index in [2.05, 4.69) is 30.2 Å². The van der Waals surface area contributed by atoms with Gasteiger partial charge in [0.05, 0.1) is 0 Å². The molecule has 0 bridgehead atoms. The summed E-state index contributed by atoms with van der Waals surface area (Å²) in [5.41, 5.74) is 1.30. The minimum absolute atomic E-state index is 0.679. The van der Waals surface area contributed by atoms with Crippen LogP contribution in [-0.2, 0) is 6.54 Å². The molecule has 1 aromatic heterocycles. The lowest BCUT2D eigenvalue weighted by atomic mass is 10.0. The Kier molecular flexibility index (Phi) is 12.0. The van der Waals surface area contributed by atoms with Crippen LogP contribution in [0.15, 0.2) is 24.5 Å². The molecule has 2 heteroatoms. The van der Waals surface area contributed by atoms with Gasteiger partial charge in [-0.2, -0.15) is 0 Å². The molecule has 1 N–H and O–H groups in total. The van der Waals surface area contributed by atoms with Gasteiger partial charge in [-0.3, -0.25) is 4.98 Å². The van der Waals surface area contributed by atoms with Crippen LogP contribution in [0.25, 0.3) is 0 Å². The van der Waals surface area contributed by atoms with Crippen molar-refractivity contribution in [2.75, 3.05) is 0 Å². The van der Waals surface area contributed by atoms with E-state index in [-0.39, 0.29) is 0 Å². The van der Waals surface area contributed by atoms with Crippen molar-refractivity contribution in [3.05, 3.63) is 30.1 Å². The quantitative estimate of drug-likeness (QED) is 0.435. The molecule has 0 saturated carbocycles. The van der Waals surface area contributed by atoms with Crippen LogP contribution < -0.4 is 5.32 Å². The number of pyridine rings is 1. The van der Waals surface area contributed by atoms with Crippen molar-refractivity contribution in [2.24, 2.45) is 0 Å². The summed E-state index contributed by atoms with van der Waals surface area (Å²) in [5, 5.41) is 3.76. The Morgan fingerprint density at radius 2 is 1.55 bits per heavy atom. The largest absolute Gasteiger partial charge is 0.310 e. The van der Waals surface area contributed by atoms with E-state index in [0.29, 0.717) is 6.04 Å². The summed E-state index contributed by atoms with van der Waals surface area (Å²) in [6, 6.07) is 4.87. The van der Waals surface area contributed by atoms with Crippen molar-refractivity contribution in [1.29, 1.82) is 0 Å². The fourth-order valence-electron chi connectivity index (χ4n) is 2.93. The average Bonchev–Trinajstić information content (AvgIpc) is 2.56. The first kappa shape index (κ1) is 19.2. The van der Waals surface area contributed by atoms with Gasteiger partial charge in [0.2, 0.25) is 0 Å². The molecule has 0 radical (unpaired) electrons. The predicted octanol–water partition coefficient (Wildman–Crippen LogP) is 5.87. The van der Waals surface area contributed by atoms with E-state index in [9.17, 15) is 0 Å². The Balaban J connectivity index is 2.26. The molecule has 22 heavy (non-hydrogen) atoms. The van der Waals surface area contributed by atoms with E-state index in [1.54, 1.807) is 0 Å². The van der Waals surface area contributed by atoms with Gasteiger partial charge in [-0.05, 0) is 24.5 Å². The van der Waals surface area contributed by atoms with Crippen molar-refractivity contribution in [2.45, 2.75) is 97.1 Å². The molecule has 0 aromatic carbocycles. The van der Waals surface area contributed by atoms with Gasteiger partial charge in [-0.25, -0.2) is 0 Å². The first-order chi connectivity index (χ1) is 10.9. The second-order valence-corrected chi connectivity index (χ2v) is 6.49. The van der Waals surface area contributed by atoms with Gasteiger partial charge in [0.25, 0.3) is 0 Å². The maximum atomic E-state index is 4.21. The minimum atomic E-state index is 0.679. The highest BCUT2D eigenvalue weighted by molar-refractivity contribution is 5.07. The third kappa shape index (κ3) is 9.94. The van der Waals surface area contributed by atoms with Crippen LogP contribution in [0.1, 0.15) is 90.0 Å². The summed E-state index contributed by atoms with van der Waals surface area (Å²) >= 11 is 0. The van der Waals surface area contributed by atoms with E-state index in [1.807, 2.05) is 18.5 Å². The van der Waals surface area contributed by atoms with E-state index < -0.39 is 0 Å². The summed E-state index contributed by atoms with van der Waals surface area (Å²) in [6.45, 7) is 5.53. The van der Waals surface area contributed by atoms with Gasteiger partial charge in [0.15, 0.2) is 0 Å². The van der Waals surface area contributed by atoms with Crippen LogP contribution in [0.3, 0.4) is 0 Å². The standard InChI is InChI=1S/C20H36N2/c1-3-5-7-9-11-15-20(14-10-8-6-4-2)22-18-19-13-12-16-21-17-19/h12-13,16-17,20,22H,3-11,14-15,18H2,1-2H3. The van der Waals surface area contributed by atoms with Crippen LogP contribution in [0.4, 0.5) is 0 Å². The van der Waals surface area contributed by atoms with E-state index in [4.69, 9.17) is 0 Å². The number of rotatable bonds is 14. The molecular formula is C20H36N2. The number of hydrogen-bond donors (Lipinski definition) is 1. The van der Waals surface area contributed by atoms with Crippen LogP contribution >= 0.6 is 0 Å². The second-order valence-electron chi connectivity index (χ2n) is 6.49. The number of unbranched alkanes of at least 4 members (excludes halogenated alkanes) is 7. The highest BCUT2D eigenvalue weighted by Crippen LogP contribution is 2.13. The molecule has 1 atom stereocenters. The van der Waals surface area contributed by atoms with E-state index in [1.165, 1.54) is 76.2 Å². The Morgan fingerprint density at radius 3 is 2.14 bits per heavy atom. The number of nitrogens with one attached hydrogen (secondary N) is 1. The van der Waals surface area contributed by atoms with Gasteiger partial charge in [-0.1, -0.05) is 77.7 Å². The van der Waals surface area contributed by atoms with Gasteiger partial charge >= 0.3 is 0 Å². The summed E-state index contributed by atoms with van der Waals surface area (Å²) < 4.78 is 0. The molecule has 1 unspecified atom stereocenters. The van der Waals surface area contributed by atoms with Crippen LogP contribution in [0.5, 0.6) is 0 Å². The fourth-order valence-corrected chi connectivity index (χ4v) is 2.93.